The van der Waals surface area contributed by atoms with Crippen LogP contribution in [0.1, 0.15) is 12.5 Å². The fourth-order valence-corrected chi connectivity index (χ4v) is 8.83. The van der Waals surface area contributed by atoms with Gasteiger partial charge in [-0.3, -0.25) is 28.0 Å². The second-order valence-electron chi connectivity index (χ2n) is 10.8. The summed E-state index contributed by atoms with van der Waals surface area (Å²) in [5.41, 5.74) is 9.96. The normalized spacial score (nSPS) is 39.7. The fraction of sp³-hybridized carbons (Fsp3) is 0.524. The van der Waals surface area contributed by atoms with Gasteiger partial charge in [0.1, 0.15) is 41.9 Å². The van der Waals surface area contributed by atoms with Gasteiger partial charge in [0.15, 0.2) is 41.3 Å². The van der Waals surface area contributed by atoms with E-state index in [0.717, 1.165) is 6.33 Å². The third kappa shape index (κ3) is 4.89. The summed E-state index contributed by atoms with van der Waals surface area (Å²) in [7, 11) is 0. The lowest BCUT2D eigenvalue weighted by Crippen LogP contribution is -2.45. The number of nitrogens with one attached hydrogen (secondary N) is 1. The maximum absolute atomic E-state index is 16.0. The monoisotopic (exact) mass is 720 g/mol. The lowest BCUT2D eigenvalue weighted by atomic mass is 10.0. The molecule has 0 aromatic carbocycles. The molecule has 2 unspecified atom stereocenters. The Morgan fingerprint density at radius 3 is 2.52 bits per heavy atom. The molecule has 0 aliphatic carbocycles. The van der Waals surface area contributed by atoms with Crippen LogP contribution < -0.4 is 17.0 Å². The minimum Gasteiger partial charge on any atom is -0.382 e. The number of H-pyrrole nitrogens is 1. The Balaban J connectivity index is 1.14. The standard InChI is InChI=1S/C21H23FN10O10P2S2/c22-8-7-1-37-43(34,45)42-13-12-19(31-5-27-9-14(23)25-4-26-15(9)31)40-21(13,2-36-12)3-38-44(35,46)41-11(8)18(39-7)32-6-28-10-16(32)29-20(24)30-17(10)33/h4-8,11-13,18-19H,1-3H2,(H,34,45)(H,35,46)(H2,23,25,26)(H3,24,29,30,33)/t7-,8+,11-,12-,13+,18-,19-,21+,43?,44?/m1/s1. The quantitative estimate of drug-likeness (QED) is 0.160. The van der Waals surface area contributed by atoms with Crippen LogP contribution in [0.3, 0.4) is 0 Å². The number of halogens is 1. The predicted molar refractivity (Wildman–Crippen MR) is 158 cm³/mol. The van der Waals surface area contributed by atoms with Gasteiger partial charge in [-0.15, -0.1) is 0 Å². The van der Waals surface area contributed by atoms with E-state index < -0.39 is 80.9 Å². The van der Waals surface area contributed by atoms with Crippen molar-refractivity contribution in [2.45, 2.75) is 48.6 Å². The summed E-state index contributed by atoms with van der Waals surface area (Å²) in [5.74, 6) is -0.0933. The summed E-state index contributed by atoms with van der Waals surface area (Å²) in [4.78, 5) is 57.6. The van der Waals surface area contributed by atoms with E-state index in [4.69, 9.17) is 67.4 Å². The molecule has 46 heavy (non-hydrogen) atoms. The summed E-state index contributed by atoms with van der Waals surface area (Å²) >= 11 is 10.6. The minimum absolute atomic E-state index is 0.0576. The SMILES string of the molecule is Nc1nc2c(ncn2[C@@H]2O[C@@H]3COP(O)(=S)O[C@H]4[C@H]5OC[C@@]4(COP(O)(=S)O[C@@H]2[C@H]3F)O[C@H]5n2cnc3c(N)ncnc32)c(=O)[nH]1. The molecule has 7 N–H and O–H groups in total. The molecule has 4 aromatic heterocycles. The van der Waals surface area contributed by atoms with Crippen molar-refractivity contribution in [3.05, 3.63) is 29.3 Å². The van der Waals surface area contributed by atoms with Crippen LogP contribution in [-0.4, -0.2) is 105 Å². The molecule has 4 fully saturated rings. The minimum atomic E-state index is -4.30. The first-order valence-electron chi connectivity index (χ1n) is 13.4. The van der Waals surface area contributed by atoms with Gasteiger partial charge in [-0.05, 0) is 23.6 Å². The topological polar surface area (TPSA) is 264 Å². The van der Waals surface area contributed by atoms with Gasteiger partial charge in [0.05, 0.1) is 32.5 Å². The molecule has 4 aliphatic rings. The molecule has 4 saturated heterocycles. The number of ether oxygens (including phenoxy) is 3. The van der Waals surface area contributed by atoms with Crippen LogP contribution in [0.5, 0.6) is 0 Å². The molecule has 10 atom stereocenters. The summed E-state index contributed by atoms with van der Waals surface area (Å²) in [6.07, 6.45) is -5.63. The molecule has 246 valence electrons. The maximum atomic E-state index is 16.0. The van der Waals surface area contributed by atoms with Crippen molar-refractivity contribution in [3.8, 4) is 0 Å². The van der Waals surface area contributed by atoms with E-state index in [2.05, 4.69) is 29.9 Å². The fourth-order valence-electron chi connectivity index (χ4n) is 5.94. The third-order valence-electron chi connectivity index (χ3n) is 8.00. The van der Waals surface area contributed by atoms with Crippen molar-refractivity contribution in [1.82, 2.24) is 39.0 Å². The average molecular weight is 721 g/mol. The predicted octanol–water partition coefficient (Wildman–Crippen LogP) is -0.723. The van der Waals surface area contributed by atoms with Gasteiger partial charge in [-0.25, -0.2) is 24.3 Å². The highest BCUT2D eigenvalue weighted by Crippen LogP contribution is 2.58. The molecule has 8 rings (SSSR count). The van der Waals surface area contributed by atoms with Gasteiger partial charge >= 0.3 is 13.4 Å². The van der Waals surface area contributed by atoms with Gasteiger partial charge < -0.3 is 44.5 Å². The molecule has 8 heterocycles. The Kier molecular flexibility index (Phi) is 7.13. The second kappa shape index (κ2) is 10.7. The first-order valence-corrected chi connectivity index (χ1v) is 18.6. The number of hydrogen-bond donors (Lipinski definition) is 5. The number of nitrogen functional groups attached to an aromatic ring is 2. The molecule has 0 radical (unpaired) electrons. The number of rotatable bonds is 2. The van der Waals surface area contributed by atoms with Gasteiger partial charge in [0, 0.05) is 0 Å². The number of anilines is 2. The Morgan fingerprint density at radius 2 is 1.72 bits per heavy atom. The summed E-state index contributed by atoms with van der Waals surface area (Å²) < 4.78 is 60.0. The van der Waals surface area contributed by atoms with Crippen molar-refractivity contribution < 1.29 is 46.5 Å². The molecule has 4 aromatic rings. The third-order valence-corrected chi connectivity index (χ3v) is 11.1. The van der Waals surface area contributed by atoms with E-state index in [-0.39, 0.29) is 29.5 Å². The molecule has 4 bridgehead atoms. The molecule has 0 amide bonds. The van der Waals surface area contributed by atoms with Crippen LogP contribution in [0.15, 0.2) is 23.8 Å². The van der Waals surface area contributed by atoms with Crippen molar-refractivity contribution in [2.75, 3.05) is 31.3 Å². The van der Waals surface area contributed by atoms with Crippen LogP contribution in [0, 0.1) is 0 Å². The number of nitrogens with two attached hydrogens (primary N) is 2. The molecule has 25 heteroatoms. The van der Waals surface area contributed by atoms with Gasteiger partial charge in [0.2, 0.25) is 5.95 Å². The molecule has 0 saturated carbocycles. The summed E-state index contributed by atoms with van der Waals surface area (Å²) in [6.45, 7) is -9.71. The number of fused-ring (bicyclic) bond motifs is 4. The van der Waals surface area contributed by atoms with Gasteiger partial charge in [-0.2, -0.15) is 4.98 Å². The zero-order chi connectivity index (χ0) is 32.2. The van der Waals surface area contributed by atoms with E-state index >= 15 is 4.39 Å². The summed E-state index contributed by atoms with van der Waals surface area (Å²) in [5, 5.41) is 0. The number of hydrogen-bond acceptors (Lipinski definition) is 17. The molecular formula is C21H23FN10O10P2S2. The van der Waals surface area contributed by atoms with Crippen LogP contribution in [0.2, 0.25) is 0 Å². The van der Waals surface area contributed by atoms with Crippen molar-refractivity contribution in [3.63, 3.8) is 0 Å². The zero-order valence-electron chi connectivity index (χ0n) is 22.9. The van der Waals surface area contributed by atoms with Crippen LogP contribution >= 0.6 is 13.4 Å². The van der Waals surface area contributed by atoms with E-state index in [0.29, 0.717) is 11.2 Å². The number of alkyl halides is 1. The smallest absolute Gasteiger partial charge is 0.325 e. The number of imidazole rings is 2. The van der Waals surface area contributed by atoms with Crippen LogP contribution in [-0.2, 0) is 55.9 Å². The lowest BCUT2D eigenvalue weighted by molar-refractivity contribution is -0.183. The van der Waals surface area contributed by atoms with Gasteiger partial charge in [0.25, 0.3) is 5.56 Å². The Morgan fingerprint density at radius 1 is 0.978 bits per heavy atom. The summed E-state index contributed by atoms with van der Waals surface area (Å²) in [6, 6.07) is 0. The number of nitrogens with zero attached hydrogens (tertiary/aromatic N) is 7. The first kappa shape index (κ1) is 30.7. The van der Waals surface area contributed by atoms with Crippen LogP contribution in [0.4, 0.5) is 16.2 Å². The van der Waals surface area contributed by atoms with E-state index in [1.165, 1.54) is 17.2 Å². The van der Waals surface area contributed by atoms with E-state index in [1.54, 1.807) is 4.57 Å². The maximum Gasteiger partial charge on any atom is 0.325 e. The van der Waals surface area contributed by atoms with Crippen LogP contribution in [0.25, 0.3) is 22.3 Å². The Labute approximate surface area is 265 Å². The Hall–Kier alpha value is -2.63. The number of aromatic amines is 1. The number of aromatic nitrogens is 8. The highest BCUT2D eigenvalue weighted by molar-refractivity contribution is 8.07. The van der Waals surface area contributed by atoms with Crippen molar-refractivity contribution in [2.24, 2.45) is 0 Å². The zero-order valence-corrected chi connectivity index (χ0v) is 26.4. The molecule has 0 spiro atoms. The second-order valence-corrected chi connectivity index (χ2v) is 16.4. The van der Waals surface area contributed by atoms with Gasteiger partial charge in [-0.1, -0.05) is 0 Å². The molecule has 4 aliphatic heterocycles. The first-order chi connectivity index (χ1) is 21.8. The molecule has 20 nitrogen and oxygen atoms in total. The Bertz CT molecular complexity index is 2040. The van der Waals surface area contributed by atoms with E-state index in [9.17, 15) is 14.6 Å². The van der Waals surface area contributed by atoms with Crippen molar-refractivity contribution in [1.29, 1.82) is 0 Å². The largest absolute Gasteiger partial charge is 0.382 e. The van der Waals surface area contributed by atoms with E-state index in [1.807, 2.05) is 0 Å². The molecular weight excluding hydrogens is 697 g/mol. The lowest BCUT2D eigenvalue weighted by Gasteiger charge is -2.33. The highest BCUT2D eigenvalue weighted by atomic mass is 32.5. The highest BCUT2D eigenvalue weighted by Gasteiger charge is 2.65. The van der Waals surface area contributed by atoms with Crippen molar-refractivity contribution >= 4 is 71.1 Å². The average Bonchev–Trinajstić information content (AvgIpc) is 3.80.